The highest BCUT2D eigenvalue weighted by atomic mass is 19.1. The molecule has 0 saturated heterocycles. The highest BCUT2D eigenvalue weighted by Crippen LogP contribution is 2.18. The van der Waals surface area contributed by atoms with E-state index in [4.69, 9.17) is 0 Å². The molecule has 0 saturated carbocycles. The van der Waals surface area contributed by atoms with Gasteiger partial charge in [0.05, 0.1) is 0 Å². The molecule has 0 atom stereocenters. The van der Waals surface area contributed by atoms with Crippen molar-refractivity contribution in [2.75, 3.05) is 18.4 Å². The van der Waals surface area contributed by atoms with Crippen molar-refractivity contribution in [2.24, 2.45) is 0 Å². The molecule has 3 rings (SSSR count). The molecule has 0 aliphatic heterocycles. The first-order chi connectivity index (χ1) is 12.1. The number of carbonyl (C=O) groups excluding carboxylic acids is 1. The lowest BCUT2D eigenvalue weighted by atomic mass is 10.1. The van der Waals surface area contributed by atoms with Crippen LogP contribution in [-0.2, 0) is 11.2 Å². The molecule has 6 heteroatoms. The van der Waals surface area contributed by atoms with Gasteiger partial charge in [0.2, 0.25) is 5.91 Å². The summed E-state index contributed by atoms with van der Waals surface area (Å²) in [5.74, 6) is -1.98. The van der Waals surface area contributed by atoms with E-state index in [9.17, 15) is 13.6 Å². The summed E-state index contributed by atoms with van der Waals surface area (Å²) < 4.78 is 26.9. The number of hydrogen-bond donors (Lipinski definition) is 3. The number of hydrogen-bond acceptors (Lipinski definition) is 2. The van der Waals surface area contributed by atoms with Crippen molar-refractivity contribution in [1.82, 2.24) is 10.3 Å². The molecule has 4 nitrogen and oxygen atoms in total. The van der Waals surface area contributed by atoms with Gasteiger partial charge < -0.3 is 15.6 Å². The van der Waals surface area contributed by atoms with Gasteiger partial charge in [-0.15, -0.1) is 0 Å². The molecule has 0 aliphatic rings. The summed E-state index contributed by atoms with van der Waals surface area (Å²) in [6, 6.07) is 11.6. The Balaban J connectivity index is 1.42. The lowest BCUT2D eigenvalue weighted by Crippen LogP contribution is -2.24. The number of aromatic nitrogens is 1. The molecule has 2 aromatic carbocycles. The predicted octanol–water partition coefficient (Wildman–Crippen LogP) is 3.61. The van der Waals surface area contributed by atoms with Gasteiger partial charge >= 0.3 is 0 Å². The molecule has 130 valence electrons. The Morgan fingerprint density at radius 2 is 1.76 bits per heavy atom. The van der Waals surface area contributed by atoms with E-state index in [0.717, 1.165) is 24.1 Å². The molecule has 0 radical (unpaired) electrons. The standard InChI is InChI=1S/C19H19F2N3O/c20-15-5-3-6-16(21)19(15)24-18(25)9-11-22-10-8-13-12-23-17-7-2-1-4-14(13)17/h1-7,12,22-23H,8-11H2,(H,24,25). The minimum Gasteiger partial charge on any atom is -0.361 e. The third-order valence-corrected chi connectivity index (χ3v) is 4.00. The maximum atomic E-state index is 13.5. The first-order valence-electron chi connectivity index (χ1n) is 8.15. The fourth-order valence-electron chi connectivity index (χ4n) is 2.71. The summed E-state index contributed by atoms with van der Waals surface area (Å²) in [5, 5.41) is 6.64. The molecule has 3 N–H and O–H groups in total. The molecule has 3 aromatic rings. The molecule has 0 bridgehead atoms. The fourth-order valence-corrected chi connectivity index (χ4v) is 2.71. The van der Waals surface area contributed by atoms with E-state index in [1.54, 1.807) is 0 Å². The van der Waals surface area contributed by atoms with Crippen LogP contribution in [0.25, 0.3) is 10.9 Å². The van der Waals surface area contributed by atoms with E-state index in [2.05, 4.69) is 21.7 Å². The van der Waals surface area contributed by atoms with Gasteiger partial charge in [0, 0.05) is 30.1 Å². The molecule has 25 heavy (non-hydrogen) atoms. The lowest BCUT2D eigenvalue weighted by molar-refractivity contribution is -0.116. The van der Waals surface area contributed by atoms with Crippen molar-refractivity contribution in [2.45, 2.75) is 12.8 Å². The first kappa shape index (κ1) is 17.1. The topological polar surface area (TPSA) is 56.9 Å². The second-order valence-electron chi connectivity index (χ2n) is 5.75. The Morgan fingerprint density at radius 3 is 2.56 bits per heavy atom. The zero-order valence-electron chi connectivity index (χ0n) is 13.6. The maximum Gasteiger partial charge on any atom is 0.225 e. The normalized spacial score (nSPS) is 11.0. The van der Waals surface area contributed by atoms with Crippen molar-refractivity contribution in [1.29, 1.82) is 0 Å². The van der Waals surface area contributed by atoms with Crippen LogP contribution in [0.4, 0.5) is 14.5 Å². The number of benzene rings is 2. The molecule has 1 amide bonds. The first-order valence-corrected chi connectivity index (χ1v) is 8.15. The van der Waals surface area contributed by atoms with Crippen LogP contribution in [0.3, 0.4) is 0 Å². The van der Waals surface area contributed by atoms with Crippen LogP contribution in [0.5, 0.6) is 0 Å². The summed E-state index contributed by atoms with van der Waals surface area (Å²) in [5.41, 5.74) is 1.91. The molecule has 0 spiro atoms. The largest absolute Gasteiger partial charge is 0.361 e. The smallest absolute Gasteiger partial charge is 0.225 e. The van der Waals surface area contributed by atoms with Gasteiger partial charge in [-0.25, -0.2) is 8.78 Å². The van der Waals surface area contributed by atoms with Gasteiger partial charge in [0.15, 0.2) is 0 Å². The highest BCUT2D eigenvalue weighted by Gasteiger charge is 2.11. The van der Waals surface area contributed by atoms with E-state index in [1.807, 2.05) is 24.4 Å². The Labute approximate surface area is 144 Å². The number of rotatable bonds is 7. The maximum absolute atomic E-state index is 13.5. The van der Waals surface area contributed by atoms with Gasteiger partial charge in [-0.05, 0) is 36.7 Å². The number of nitrogens with one attached hydrogen (secondary N) is 3. The predicted molar refractivity (Wildman–Crippen MR) is 94.5 cm³/mol. The molecule has 0 unspecified atom stereocenters. The Morgan fingerprint density at radius 1 is 1.00 bits per heavy atom. The third-order valence-electron chi connectivity index (χ3n) is 4.00. The van der Waals surface area contributed by atoms with Crippen LogP contribution < -0.4 is 10.6 Å². The summed E-state index contributed by atoms with van der Waals surface area (Å²) in [7, 11) is 0. The number of fused-ring (bicyclic) bond motifs is 1. The Hall–Kier alpha value is -2.73. The van der Waals surface area contributed by atoms with Gasteiger partial charge in [-0.3, -0.25) is 4.79 Å². The van der Waals surface area contributed by atoms with E-state index in [-0.39, 0.29) is 6.42 Å². The molecule has 1 aromatic heterocycles. The summed E-state index contributed by atoms with van der Waals surface area (Å²) in [4.78, 5) is 15.0. The molecular formula is C19H19F2N3O. The highest BCUT2D eigenvalue weighted by molar-refractivity contribution is 5.91. The monoisotopic (exact) mass is 343 g/mol. The minimum atomic E-state index is -0.777. The van der Waals surface area contributed by atoms with Gasteiger partial charge in [0.1, 0.15) is 17.3 Å². The summed E-state index contributed by atoms with van der Waals surface area (Å²) >= 11 is 0. The van der Waals surface area contributed by atoms with E-state index in [1.165, 1.54) is 17.0 Å². The zero-order valence-corrected chi connectivity index (χ0v) is 13.6. The van der Waals surface area contributed by atoms with Gasteiger partial charge in [-0.2, -0.15) is 0 Å². The summed E-state index contributed by atoms with van der Waals surface area (Å²) in [6.45, 7) is 1.15. The number of para-hydroxylation sites is 2. The van der Waals surface area contributed by atoms with Crippen LogP contribution in [-0.4, -0.2) is 24.0 Å². The van der Waals surface area contributed by atoms with Crippen LogP contribution in [0.1, 0.15) is 12.0 Å². The van der Waals surface area contributed by atoms with Crippen molar-refractivity contribution in [3.8, 4) is 0 Å². The number of anilines is 1. The molecule has 0 aliphatic carbocycles. The average molecular weight is 343 g/mol. The second-order valence-corrected chi connectivity index (χ2v) is 5.75. The van der Waals surface area contributed by atoms with Crippen LogP contribution in [0, 0.1) is 11.6 Å². The second kappa shape index (κ2) is 7.90. The zero-order chi connectivity index (χ0) is 17.6. The molecule has 0 fully saturated rings. The average Bonchev–Trinajstić information content (AvgIpc) is 3.01. The van der Waals surface area contributed by atoms with Crippen molar-refractivity contribution in [3.05, 3.63) is 65.9 Å². The number of halogens is 2. The minimum absolute atomic E-state index is 0.141. The number of amides is 1. The van der Waals surface area contributed by atoms with Gasteiger partial charge in [0.25, 0.3) is 0 Å². The molecular weight excluding hydrogens is 324 g/mol. The van der Waals surface area contributed by atoms with Crippen LogP contribution in [0.2, 0.25) is 0 Å². The summed E-state index contributed by atoms with van der Waals surface area (Å²) in [6.07, 6.45) is 2.95. The number of carbonyl (C=O) groups is 1. The third kappa shape index (κ3) is 4.22. The van der Waals surface area contributed by atoms with Crippen LogP contribution in [0.15, 0.2) is 48.7 Å². The Bertz CT molecular complexity index is 856. The molecule has 1 heterocycles. The van der Waals surface area contributed by atoms with Gasteiger partial charge in [-0.1, -0.05) is 24.3 Å². The van der Waals surface area contributed by atoms with Crippen molar-refractivity contribution < 1.29 is 13.6 Å². The number of aromatic amines is 1. The van der Waals surface area contributed by atoms with E-state index in [0.29, 0.717) is 13.1 Å². The lowest BCUT2D eigenvalue weighted by Gasteiger charge is -2.08. The van der Waals surface area contributed by atoms with Crippen LogP contribution >= 0.6 is 0 Å². The fraction of sp³-hybridized carbons (Fsp3) is 0.211. The number of H-pyrrole nitrogens is 1. The van der Waals surface area contributed by atoms with E-state index >= 15 is 0 Å². The quantitative estimate of drug-likeness (QED) is 0.574. The van der Waals surface area contributed by atoms with E-state index < -0.39 is 23.2 Å². The Kier molecular flexibility index (Phi) is 5.40. The van der Waals surface area contributed by atoms with Crippen molar-refractivity contribution in [3.63, 3.8) is 0 Å². The SMILES string of the molecule is O=C(CCNCCc1c[nH]c2ccccc12)Nc1c(F)cccc1F. The van der Waals surface area contributed by atoms with Crippen molar-refractivity contribution >= 4 is 22.5 Å².